The highest BCUT2D eigenvalue weighted by Crippen LogP contribution is 2.30. The summed E-state index contributed by atoms with van der Waals surface area (Å²) in [5, 5.41) is 0. The molecule has 2 rings (SSSR count). The summed E-state index contributed by atoms with van der Waals surface area (Å²) in [5.74, 6) is 0.0120. The van der Waals surface area contributed by atoms with Crippen molar-refractivity contribution in [3.05, 3.63) is 29.6 Å². The second kappa shape index (κ2) is 6.43. The number of hydrogen-bond donors (Lipinski definition) is 0. The third kappa shape index (κ3) is 3.73. The topological polar surface area (TPSA) is 38.8 Å². The minimum atomic E-state index is -0.401. The van der Waals surface area contributed by atoms with Crippen molar-refractivity contribution in [1.82, 2.24) is 4.90 Å². The second-order valence-corrected chi connectivity index (χ2v) is 5.94. The fraction of sp³-hybridized carbons (Fsp3) is 0.562. The Labute approximate surface area is 124 Å². The molecule has 1 unspecified atom stereocenters. The molecule has 1 aromatic rings. The molecule has 1 heterocycles. The van der Waals surface area contributed by atoms with Crippen LogP contribution in [0, 0.1) is 11.2 Å². The van der Waals surface area contributed by atoms with Gasteiger partial charge in [-0.3, -0.25) is 4.79 Å². The van der Waals surface area contributed by atoms with Crippen molar-refractivity contribution < 1.29 is 18.7 Å². The molecule has 5 heteroatoms. The van der Waals surface area contributed by atoms with Crippen LogP contribution in [0.5, 0.6) is 5.75 Å². The summed E-state index contributed by atoms with van der Waals surface area (Å²) in [6.45, 7) is 4.11. The normalized spacial score (nSPS) is 21.6. The minimum Gasteiger partial charge on any atom is -0.497 e. The molecule has 0 aromatic heterocycles. The van der Waals surface area contributed by atoms with Crippen LogP contribution in [0.1, 0.15) is 18.9 Å². The number of hydrogen-bond acceptors (Lipinski definition) is 3. The SMILES string of the molecule is COCC1(C)CCN(C(=O)Cc2ccc(OC)cc2F)C1. The maximum absolute atomic E-state index is 13.9. The molecule has 1 aliphatic heterocycles. The molecule has 21 heavy (non-hydrogen) atoms. The largest absolute Gasteiger partial charge is 0.497 e. The molecule has 0 bridgehead atoms. The van der Waals surface area contributed by atoms with Crippen LogP contribution in [0.15, 0.2) is 18.2 Å². The van der Waals surface area contributed by atoms with E-state index in [0.717, 1.165) is 6.42 Å². The van der Waals surface area contributed by atoms with E-state index in [2.05, 4.69) is 6.92 Å². The Bertz CT molecular complexity index is 520. The van der Waals surface area contributed by atoms with Crippen molar-refractivity contribution in [3.8, 4) is 5.75 Å². The van der Waals surface area contributed by atoms with E-state index in [9.17, 15) is 9.18 Å². The van der Waals surface area contributed by atoms with Crippen molar-refractivity contribution in [2.75, 3.05) is 33.9 Å². The van der Waals surface area contributed by atoms with Gasteiger partial charge in [0.2, 0.25) is 5.91 Å². The molecular weight excluding hydrogens is 273 g/mol. The van der Waals surface area contributed by atoms with Crippen LogP contribution in [-0.2, 0) is 16.0 Å². The average Bonchev–Trinajstić information content (AvgIpc) is 2.84. The van der Waals surface area contributed by atoms with E-state index >= 15 is 0 Å². The molecule has 1 atom stereocenters. The average molecular weight is 295 g/mol. The van der Waals surface area contributed by atoms with Gasteiger partial charge in [0.25, 0.3) is 0 Å². The number of nitrogens with zero attached hydrogens (tertiary/aromatic N) is 1. The van der Waals surface area contributed by atoms with E-state index in [0.29, 0.717) is 31.0 Å². The van der Waals surface area contributed by atoms with E-state index in [1.165, 1.54) is 13.2 Å². The summed E-state index contributed by atoms with van der Waals surface area (Å²) in [7, 11) is 3.16. The molecule has 116 valence electrons. The van der Waals surface area contributed by atoms with Gasteiger partial charge in [-0.15, -0.1) is 0 Å². The highest BCUT2D eigenvalue weighted by molar-refractivity contribution is 5.79. The molecule has 0 aliphatic carbocycles. The number of ether oxygens (including phenoxy) is 2. The predicted octanol–water partition coefficient (Wildman–Crippen LogP) is 2.26. The number of likely N-dealkylation sites (tertiary alicyclic amines) is 1. The Morgan fingerprint density at radius 1 is 1.43 bits per heavy atom. The maximum Gasteiger partial charge on any atom is 0.227 e. The Hall–Kier alpha value is -1.62. The second-order valence-electron chi connectivity index (χ2n) is 5.94. The molecule has 0 radical (unpaired) electrons. The molecule has 1 aromatic carbocycles. The monoisotopic (exact) mass is 295 g/mol. The van der Waals surface area contributed by atoms with Gasteiger partial charge in [0.1, 0.15) is 11.6 Å². The summed E-state index contributed by atoms with van der Waals surface area (Å²) >= 11 is 0. The van der Waals surface area contributed by atoms with Crippen LogP contribution >= 0.6 is 0 Å². The van der Waals surface area contributed by atoms with E-state index in [-0.39, 0.29) is 17.7 Å². The van der Waals surface area contributed by atoms with Crippen molar-refractivity contribution in [1.29, 1.82) is 0 Å². The number of methoxy groups -OCH3 is 2. The Morgan fingerprint density at radius 2 is 2.19 bits per heavy atom. The van der Waals surface area contributed by atoms with Crippen LogP contribution in [0.25, 0.3) is 0 Å². The van der Waals surface area contributed by atoms with Crippen LogP contribution in [0.3, 0.4) is 0 Å². The zero-order valence-corrected chi connectivity index (χ0v) is 12.8. The first-order valence-electron chi connectivity index (χ1n) is 7.06. The Balaban J connectivity index is 1.99. The van der Waals surface area contributed by atoms with Crippen LogP contribution in [-0.4, -0.2) is 44.7 Å². The highest BCUT2D eigenvalue weighted by Gasteiger charge is 2.36. The van der Waals surface area contributed by atoms with E-state index < -0.39 is 5.82 Å². The molecular formula is C16H22FNO3. The lowest BCUT2D eigenvalue weighted by atomic mass is 9.91. The quantitative estimate of drug-likeness (QED) is 0.836. The lowest BCUT2D eigenvalue weighted by Gasteiger charge is -2.23. The van der Waals surface area contributed by atoms with Crippen LogP contribution in [0.2, 0.25) is 0 Å². The van der Waals surface area contributed by atoms with Crippen molar-refractivity contribution >= 4 is 5.91 Å². The standard InChI is InChI=1S/C16H22FNO3/c1-16(11-20-2)6-7-18(10-16)15(19)8-12-4-5-13(21-3)9-14(12)17/h4-5,9H,6-8,10-11H2,1-3H3. The van der Waals surface area contributed by atoms with Gasteiger partial charge in [-0.25, -0.2) is 4.39 Å². The molecule has 1 amide bonds. The Morgan fingerprint density at radius 3 is 2.81 bits per heavy atom. The molecule has 0 saturated carbocycles. The van der Waals surface area contributed by atoms with Crippen molar-refractivity contribution in [2.24, 2.45) is 5.41 Å². The maximum atomic E-state index is 13.9. The first-order chi connectivity index (χ1) is 9.97. The lowest BCUT2D eigenvalue weighted by molar-refractivity contribution is -0.130. The molecule has 0 N–H and O–H groups in total. The number of carbonyl (C=O) groups is 1. The van der Waals surface area contributed by atoms with E-state index in [4.69, 9.17) is 9.47 Å². The van der Waals surface area contributed by atoms with Crippen molar-refractivity contribution in [2.45, 2.75) is 19.8 Å². The van der Waals surface area contributed by atoms with Gasteiger partial charge in [-0.1, -0.05) is 13.0 Å². The molecule has 0 spiro atoms. The smallest absolute Gasteiger partial charge is 0.227 e. The van der Waals surface area contributed by atoms with Crippen LogP contribution < -0.4 is 4.74 Å². The third-order valence-corrected chi connectivity index (χ3v) is 4.01. The fourth-order valence-electron chi connectivity index (χ4n) is 2.78. The summed E-state index contributed by atoms with van der Waals surface area (Å²) in [5.41, 5.74) is 0.407. The Kier molecular flexibility index (Phi) is 4.83. The van der Waals surface area contributed by atoms with Gasteiger partial charge in [0.05, 0.1) is 20.1 Å². The minimum absolute atomic E-state index is 0.00284. The number of carbonyl (C=O) groups excluding carboxylic acids is 1. The number of rotatable bonds is 5. The number of amides is 1. The molecule has 1 aliphatic rings. The molecule has 1 fully saturated rings. The summed E-state index contributed by atoms with van der Waals surface area (Å²) in [6, 6.07) is 4.59. The lowest BCUT2D eigenvalue weighted by Crippen LogP contribution is -2.33. The molecule has 4 nitrogen and oxygen atoms in total. The summed E-state index contributed by atoms with van der Waals surface area (Å²) in [6.07, 6.45) is 0.997. The number of benzene rings is 1. The van der Waals surface area contributed by atoms with Gasteiger partial charge in [0, 0.05) is 31.7 Å². The predicted molar refractivity (Wildman–Crippen MR) is 77.8 cm³/mol. The summed E-state index contributed by atoms with van der Waals surface area (Å²) in [4.78, 5) is 14.1. The summed E-state index contributed by atoms with van der Waals surface area (Å²) < 4.78 is 24.1. The molecule has 1 saturated heterocycles. The third-order valence-electron chi connectivity index (χ3n) is 4.01. The first kappa shape index (κ1) is 15.8. The number of halogens is 1. The van der Waals surface area contributed by atoms with Crippen LogP contribution in [0.4, 0.5) is 4.39 Å². The first-order valence-corrected chi connectivity index (χ1v) is 7.06. The van der Waals surface area contributed by atoms with Gasteiger partial charge in [0.15, 0.2) is 0 Å². The zero-order chi connectivity index (χ0) is 15.5. The van der Waals surface area contributed by atoms with E-state index in [1.807, 2.05) is 0 Å². The highest BCUT2D eigenvalue weighted by atomic mass is 19.1. The fourth-order valence-corrected chi connectivity index (χ4v) is 2.78. The van der Waals surface area contributed by atoms with Gasteiger partial charge < -0.3 is 14.4 Å². The van der Waals surface area contributed by atoms with Gasteiger partial charge in [-0.05, 0) is 18.1 Å². The zero-order valence-electron chi connectivity index (χ0n) is 12.8. The van der Waals surface area contributed by atoms with Gasteiger partial charge >= 0.3 is 0 Å². The van der Waals surface area contributed by atoms with Gasteiger partial charge in [-0.2, -0.15) is 0 Å². The van der Waals surface area contributed by atoms with Crippen molar-refractivity contribution in [3.63, 3.8) is 0 Å². The van der Waals surface area contributed by atoms with E-state index in [1.54, 1.807) is 24.1 Å².